The fourth-order valence-electron chi connectivity index (χ4n) is 0.868. The van der Waals surface area contributed by atoms with E-state index in [4.69, 9.17) is 0 Å². The number of aliphatic imine (C=N–C) groups is 1. The van der Waals surface area contributed by atoms with Gasteiger partial charge in [-0.05, 0) is 6.92 Å². The summed E-state index contributed by atoms with van der Waals surface area (Å²) in [5, 5.41) is 4.26. The second kappa shape index (κ2) is 6.02. The van der Waals surface area contributed by atoms with E-state index in [1.54, 1.807) is 18.7 Å². The third-order valence-corrected chi connectivity index (χ3v) is 3.97. The minimum atomic E-state index is -0.478. The number of urea groups is 1. The molecule has 0 fully saturated rings. The van der Waals surface area contributed by atoms with Crippen molar-refractivity contribution in [2.24, 2.45) is 4.99 Å². The van der Waals surface area contributed by atoms with Gasteiger partial charge in [0.05, 0.1) is 11.8 Å². The summed E-state index contributed by atoms with van der Waals surface area (Å²) in [5.74, 6) is 0.682. The van der Waals surface area contributed by atoms with Crippen LogP contribution in [0.15, 0.2) is 4.99 Å². The van der Waals surface area contributed by atoms with Crippen LogP contribution in [0, 0.1) is 0 Å². The van der Waals surface area contributed by atoms with E-state index in [0.29, 0.717) is 0 Å². The van der Waals surface area contributed by atoms with Crippen molar-refractivity contribution in [1.82, 2.24) is 10.6 Å². The highest BCUT2D eigenvalue weighted by Gasteiger charge is 2.19. The molecule has 1 atom stereocenters. The van der Waals surface area contributed by atoms with E-state index in [1.807, 2.05) is 0 Å². The van der Waals surface area contributed by atoms with Gasteiger partial charge in [0, 0.05) is 12.8 Å². The number of amides is 3. The molecule has 0 spiro atoms. The van der Waals surface area contributed by atoms with Crippen LogP contribution < -0.4 is 10.6 Å². The van der Waals surface area contributed by atoms with Gasteiger partial charge in [-0.25, -0.2) is 4.79 Å². The lowest BCUT2D eigenvalue weighted by molar-refractivity contribution is -0.119. The highest BCUT2D eigenvalue weighted by atomic mass is 32.2. The van der Waals surface area contributed by atoms with Crippen molar-refractivity contribution in [3.63, 3.8) is 0 Å². The zero-order chi connectivity index (χ0) is 11.3. The average Bonchev–Trinajstić information content (AvgIpc) is 2.70. The first kappa shape index (κ1) is 12.4. The molecule has 0 aliphatic carbocycles. The molecule has 3 amide bonds. The van der Waals surface area contributed by atoms with Crippen molar-refractivity contribution in [3.05, 3.63) is 0 Å². The topological polar surface area (TPSA) is 70.6 Å². The molecule has 1 rings (SSSR count). The van der Waals surface area contributed by atoms with Crippen LogP contribution >= 0.6 is 23.5 Å². The van der Waals surface area contributed by atoms with Crippen molar-refractivity contribution in [2.45, 2.75) is 12.2 Å². The maximum absolute atomic E-state index is 11.4. The third-order valence-electron chi connectivity index (χ3n) is 1.67. The zero-order valence-corrected chi connectivity index (χ0v) is 10.2. The number of carbonyl (C=O) groups excluding carboxylic acids is 2. The first-order valence-electron chi connectivity index (χ1n) is 4.50. The summed E-state index contributed by atoms with van der Waals surface area (Å²) in [6, 6.07) is -0.478. The predicted molar refractivity (Wildman–Crippen MR) is 64.4 cm³/mol. The largest absolute Gasteiger partial charge is 0.341 e. The summed E-state index contributed by atoms with van der Waals surface area (Å²) in [7, 11) is 1.47. The van der Waals surface area contributed by atoms with Gasteiger partial charge >= 0.3 is 6.03 Å². The van der Waals surface area contributed by atoms with Crippen LogP contribution in [-0.2, 0) is 4.79 Å². The number of imide groups is 1. The van der Waals surface area contributed by atoms with Crippen LogP contribution in [0.1, 0.15) is 6.92 Å². The highest BCUT2D eigenvalue weighted by Crippen LogP contribution is 2.25. The van der Waals surface area contributed by atoms with Crippen molar-refractivity contribution in [1.29, 1.82) is 0 Å². The van der Waals surface area contributed by atoms with Crippen LogP contribution in [-0.4, -0.2) is 40.9 Å². The fraction of sp³-hybridized carbons (Fsp3) is 0.625. The van der Waals surface area contributed by atoms with Crippen LogP contribution in [0.4, 0.5) is 4.79 Å². The average molecular weight is 247 g/mol. The Hall–Kier alpha value is -0.690. The molecular formula is C8H13N3O2S2. The molecule has 7 heteroatoms. The van der Waals surface area contributed by atoms with Crippen LogP contribution in [0.3, 0.4) is 0 Å². The Balaban J connectivity index is 2.35. The molecule has 0 saturated carbocycles. The number of hydrogen-bond acceptors (Lipinski definition) is 5. The molecule has 15 heavy (non-hydrogen) atoms. The molecule has 0 saturated heterocycles. The van der Waals surface area contributed by atoms with E-state index in [-0.39, 0.29) is 11.2 Å². The molecule has 84 valence electrons. The molecule has 0 radical (unpaired) electrons. The van der Waals surface area contributed by atoms with Crippen molar-refractivity contribution >= 4 is 39.8 Å². The molecule has 0 bridgehead atoms. The Labute approximate surface area is 96.9 Å². The first-order chi connectivity index (χ1) is 7.13. The maximum Gasteiger partial charge on any atom is 0.321 e. The van der Waals surface area contributed by atoms with Gasteiger partial charge in [0.2, 0.25) is 5.91 Å². The second-order valence-corrected chi connectivity index (χ2v) is 5.50. The van der Waals surface area contributed by atoms with Gasteiger partial charge in [0.25, 0.3) is 0 Å². The SMILES string of the molecule is CNC(=O)NC(=O)[C@H](C)SC1=NCCS1. The van der Waals surface area contributed by atoms with Crippen LogP contribution in [0.2, 0.25) is 0 Å². The van der Waals surface area contributed by atoms with Crippen molar-refractivity contribution < 1.29 is 9.59 Å². The van der Waals surface area contributed by atoms with Gasteiger partial charge in [-0.15, -0.1) is 0 Å². The Bertz CT molecular complexity index is 294. The molecule has 0 unspecified atom stereocenters. The van der Waals surface area contributed by atoms with E-state index in [2.05, 4.69) is 15.6 Å². The van der Waals surface area contributed by atoms with E-state index < -0.39 is 6.03 Å². The predicted octanol–water partition coefficient (Wildman–Crippen LogP) is 0.666. The van der Waals surface area contributed by atoms with Gasteiger partial charge in [-0.3, -0.25) is 15.1 Å². The molecule has 0 aromatic heterocycles. The Morgan fingerprint density at radius 3 is 2.87 bits per heavy atom. The number of nitrogens with zero attached hydrogens (tertiary/aromatic N) is 1. The summed E-state index contributed by atoms with van der Waals surface area (Å²) in [5.41, 5.74) is 0. The number of carbonyl (C=O) groups is 2. The lowest BCUT2D eigenvalue weighted by atomic mass is 10.4. The third kappa shape index (κ3) is 4.13. The summed E-state index contributed by atoms with van der Waals surface area (Å²) in [4.78, 5) is 26.5. The standard InChI is InChI=1S/C8H13N3O2S2/c1-5(6(12)11-7(13)9-2)15-8-10-3-4-14-8/h5H,3-4H2,1-2H3,(H2,9,11,12,13)/t5-/m0/s1. The minimum Gasteiger partial charge on any atom is -0.341 e. The first-order valence-corrected chi connectivity index (χ1v) is 6.36. The summed E-state index contributed by atoms with van der Waals surface area (Å²) >= 11 is 3.03. The van der Waals surface area contributed by atoms with Gasteiger partial charge in [0.15, 0.2) is 0 Å². The molecular weight excluding hydrogens is 234 g/mol. The Kier molecular flexibility index (Phi) is 4.97. The molecule has 0 aromatic carbocycles. The number of hydrogen-bond donors (Lipinski definition) is 2. The zero-order valence-electron chi connectivity index (χ0n) is 8.57. The fourth-order valence-corrected chi connectivity index (χ4v) is 3.00. The van der Waals surface area contributed by atoms with Crippen molar-refractivity contribution in [2.75, 3.05) is 19.3 Å². The summed E-state index contributed by atoms with van der Waals surface area (Å²) in [6.45, 7) is 2.57. The Morgan fingerprint density at radius 2 is 2.33 bits per heavy atom. The van der Waals surface area contributed by atoms with Crippen LogP contribution in [0.25, 0.3) is 0 Å². The summed E-state index contributed by atoms with van der Waals surface area (Å²) in [6.07, 6.45) is 0. The molecule has 1 aliphatic heterocycles. The number of nitrogens with one attached hydrogen (secondary N) is 2. The van der Waals surface area contributed by atoms with Gasteiger partial charge in [0.1, 0.15) is 4.38 Å². The lowest BCUT2D eigenvalue weighted by Gasteiger charge is -2.09. The van der Waals surface area contributed by atoms with E-state index in [9.17, 15) is 9.59 Å². The molecule has 5 nitrogen and oxygen atoms in total. The van der Waals surface area contributed by atoms with E-state index in [0.717, 1.165) is 16.7 Å². The van der Waals surface area contributed by atoms with Crippen molar-refractivity contribution in [3.8, 4) is 0 Å². The lowest BCUT2D eigenvalue weighted by Crippen LogP contribution is -2.41. The smallest absolute Gasteiger partial charge is 0.321 e. The summed E-state index contributed by atoms with van der Waals surface area (Å²) < 4.78 is 0.926. The van der Waals surface area contributed by atoms with E-state index >= 15 is 0 Å². The molecule has 2 N–H and O–H groups in total. The molecule has 1 aliphatic rings. The Morgan fingerprint density at radius 1 is 1.60 bits per heavy atom. The second-order valence-electron chi connectivity index (χ2n) is 2.82. The number of rotatable bonds is 2. The normalized spacial score (nSPS) is 16.8. The van der Waals surface area contributed by atoms with E-state index in [1.165, 1.54) is 18.8 Å². The molecule has 1 heterocycles. The highest BCUT2D eigenvalue weighted by molar-refractivity contribution is 8.39. The van der Waals surface area contributed by atoms with Gasteiger partial charge in [-0.2, -0.15) is 0 Å². The van der Waals surface area contributed by atoms with Gasteiger partial charge < -0.3 is 5.32 Å². The van der Waals surface area contributed by atoms with Gasteiger partial charge in [-0.1, -0.05) is 23.5 Å². The maximum atomic E-state index is 11.4. The minimum absolute atomic E-state index is 0.297. The number of thioether (sulfide) groups is 2. The van der Waals surface area contributed by atoms with Crippen LogP contribution in [0.5, 0.6) is 0 Å². The monoisotopic (exact) mass is 247 g/mol. The molecule has 0 aromatic rings. The quantitative estimate of drug-likeness (QED) is 0.752.